The first kappa shape index (κ1) is 22.0. The molecule has 2 aliphatic rings. The van der Waals surface area contributed by atoms with Gasteiger partial charge >= 0.3 is 11.9 Å². The summed E-state index contributed by atoms with van der Waals surface area (Å²) in [4.78, 5) is 44.3. The van der Waals surface area contributed by atoms with Crippen LogP contribution in [0.4, 0.5) is 0 Å². The number of benzene rings is 2. The van der Waals surface area contributed by atoms with E-state index in [2.05, 4.69) is 0 Å². The number of carbonyl (C=O) groups is 2. The summed E-state index contributed by atoms with van der Waals surface area (Å²) in [5.74, 6) is -1.39. The molecule has 6 rings (SSSR count). The molecule has 7 heteroatoms. The molecule has 0 amide bonds. The van der Waals surface area contributed by atoms with Gasteiger partial charge in [-0.25, -0.2) is 14.6 Å². The van der Waals surface area contributed by atoms with Gasteiger partial charge in [-0.05, 0) is 36.3 Å². The molecule has 0 unspecified atom stereocenters. The lowest BCUT2D eigenvalue weighted by Crippen LogP contribution is -2.47. The molecule has 2 aliphatic heterocycles. The fraction of sp³-hybridized carbons (Fsp3) is 0.172. The highest BCUT2D eigenvalue weighted by Gasteiger charge is 2.50. The smallest absolute Gasteiger partial charge is 0.355 e. The van der Waals surface area contributed by atoms with E-state index in [1.807, 2.05) is 60.7 Å². The second kappa shape index (κ2) is 8.30. The molecule has 2 aromatic heterocycles. The Morgan fingerprint density at radius 2 is 1.89 bits per heavy atom. The van der Waals surface area contributed by atoms with Gasteiger partial charge < -0.3 is 14.0 Å². The van der Waals surface area contributed by atoms with E-state index in [0.29, 0.717) is 29.1 Å². The molecule has 2 aromatic carbocycles. The first-order chi connectivity index (χ1) is 17.5. The van der Waals surface area contributed by atoms with Gasteiger partial charge in [-0.2, -0.15) is 0 Å². The van der Waals surface area contributed by atoms with Gasteiger partial charge in [0.05, 0.1) is 29.0 Å². The first-order valence-corrected chi connectivity index (χ1v) is 11.8. The molecule has 178 valence electrons. The fourth-order valence-corrected chi connectivity index (χ4v) is 5.02. The van der Waals surface area contributed by atoms with E-state index < -0.39 is 17.5 Å². The van der Waals surface area contributed by atoms with Crippen LogP contribution in [0.2, 0.25) is 0 Å². The van der Waals surface area contributed by atoms with Gasteiger partial charge in [0.15, 0.2) is 0 Å². The Labute approximate surface area is 206 Å². The van der Waals surface area contributed by atoms with Crippen LogP contribution in [0.5, 0.6) is 0 Å². The molecule has 0 radical (unpaired) electrons. The van der Waals surface area contributed by atoms with Gasteiger partial charge in [0, 0.05) is 22.6 Å². The van der Waals surface area contributed by atoms with Gasteiger partial charge in [-0.15, -0.1) is 0 Å². The van der Waals surface area contributed by atoms with Crippen molar-refractivity contribution in [2.75, 3.05) is 0 Å². The lowest BCUT2D eigenvalue weighted by Gasteiger charge is -2.35. The Kier molecular flexibility index (Phi) is 5.07. The molecular formula is C29H22N2O5. The Hall–Kier alpha value is -4.52. The van der Waals surface area contributed by atoms with Crippen LogP contribution in [0.3, 0.4) is 0 Å². The van der Waals surface area contributed by atoms with Gasteiger partial charge in [0.2, 0.25) is 5.60 Å². The first-order valence-electron chi connectivity index (χ1n) is 11.8. The van der Waals surface area contributed by atoms with Gasteiger partial charge in [0.25, 0.3) is 5.56 Å². The van der Waals surface area contributed by atoms with Crippen LogP contribution in [0.25, 0.3) is 28.4 Å². The summed E-state index contributed by atoms with van der Waals surface area (Å²) in [7, 11) is 0. The van der Waals surface area contributed by atoms with Gasteiger partial charge in [-0.1, -0.05) is 55.5 Å². The summed E-state index contributed by atoms with van der Waals surface area (Å²) >= 11 is 0. The highest BCUT2D eigenvalue weighted by atomic mass is 16.6. The van der Waals surface area contributed by atoms with Crippen molar-refractivity contribution >= 4 is 28.9 Å². The van der Waals surface area contributed by atoms with Crippen LogP contribution in [0.1, 0.15) is 35.6 Å². The van der Waals surface area contributed by atoms with Crippen molar-refractivity contribution in [3.63, 3.8) is 0 Å². The van der Waals surface area contributed by atoms with Crippen molar-refractivity contribution in [1.82, 2.24) is 9.55 Å². The minimum absolute atomic E-state index is 0.116. The molecule has 0 N–H and O–H groups in total. The summed E-state index contributed by atoms with van der Waals surface area (Å²) < 4.78 is 12.8. The van der Waals surface area contributed by atoms with E-state index >= 15 is 0 Å². The van der Waals surface area contributed by atoms with Crippen molar-refractivity contribution < 1.29 is 19.1 Å². The number of esters is 2. The van der Waals surface area contributed by atoms with Crippen molar-refractivity contribution in [1.29, 1.82) is 0 Å². The summed E-state index contributed by atoms with van der Waals surface area (Å²) in [5, 5.41) is 0.988. The molecule has 0 saturated heterocycles. The topological polar surface area (TPSA) is 87.5 Å². The van der Waals surface area contributed by atoms with Crippen molar-refractivity contribution in [2.24, 2.45) is 0 Å². The standard InChI is InChI=1S/C29H22N2O5/c1-2-29(36-25(32)13-12-18-8-4-3-5-9-18)22-15-24-26-20(14-19-10-6-7-11-23(19)30-26)16-31(24)27(33)21(22)17-35-28(29)34/h3-15H,2,16-17H2,1H3/b13-12+/t29-/m0/s1. The second-order valence-corrected chi connectivity index (χ2v) is 8.92. The number of fused-ring (bicyclic) bond motifs is 5. The summed E-state index contributed by atoms with van der Waals surface area (Å²) in [5.41, 5.74) is 2.53. The molecule has 1 atom stereocenters. The Balaban J connectivity index is 1.46. The molecule has 4 aromatic rings. The average molecular weight is 479 g/mol. The number of ether oxygens (including phenoxy) is 2. The summed E-state index contributed by atoms with van der Waals surface area (Å²) in [6.07, 6.45) is 3.01. The van der Waals surface area contributed by atoms with E-state index in [1.54, 1.807) is 23.6 Å². The molecule has 0 aliphatic carbocycles. The minimum atomic E-state index is -1.72. The zero-order chi connectivity index (χ0) is 24.9. The normalized spacial score (nSPS) is 18.0. The largest absolute Gasteiger partial charge is 0.457 e. The number of para-hydroxylation sites is 1. The zero-order valence-corrected chi connectivity index (χ0v) is 19.6. The Morgan fingerprint density at radius 1 is 1.11 bits per heavy atom. The number of hydrogen-bond acceptors (Lipinski definition) is 6. The molecule has 36 heavy (non-hydrogen) atoms. The van der Waals surface area contributed by atoms with E-state index in [-0.39, 0.29) is 18.6 Å². The highest BCUT2D eigenvalue weighted by Crippen LogP contribution is 2.41. The van der Waals surface area contributed by atoms with E-state index in [0.717, 1.165) is 22.0 Å². The van der Waals surface area contributed by atoms with Crippen LogP contribution in [-0.2, 0) is 37.8 Å². The number of cyclic esters (lactones) is 1. The monoisotopic (exact) mass is 478 g/mol. The maximum atomic E-state index is 13.6. The number of aromatic nitrogens is 2. The second-order valence-electron chi connectivity index (χ2n) is 8.92. The lowest BCUT2D eigenvalue weighted by molar-refractivity contribution is -0.186. The van der Waals surface area contributed by atoms with Crippen LogP contribution >= 0.6 is 0 Å². The Morgan fingerprint density at radius 3 is 2.69 bits per heavy atom. The van der Waals surface area contributed by atoms with Crippen molar-refractivity contribution in [3.8, 4) is 11.4 Å². The molecule has 0 bridgehead atoms. The summed E-state index contributed by atoms with van der Waals surface area (Å²) in [6, 6.07) is 20.9. The van der Waals surface area contributed by atoms with Crippen molar-refractivity contribution in [2.45, 2.75) is 32.1 Å². The number of pyridine rings is 2. The molecular weight excluding hydrogens is 456 g/mol. The molecule has 4 heterocycles. The lowest BCUT2D eigenvalue weighted by atomic mass is 9.85. The third-order valence-electron chi connectivity index (χ3n) is 6.87. The van der Waals surface area contributed by atoms with E-state index in [9.17, 15) is 14.4 Å². The van der Waals surface area contributed by atoms with Gasteiger partial charge in [-0.3, -0.25) is 4.79 Å². The summed E-state index contributed by atoms with van der Waals surface area (Å²) in [6.45, 7) is 1.94. The average Bonchev–Trinajstić information content (AvgIpc) is 3.26. The van der Waals surface area contributed by atoms with Crippen LogP contribution in [0, 0.1) is 0 Å². The minimum Gasteiger partial charge on any atom is -0.457 e. The van der Waals surface area contributed by atoms with E-state index in [4.69, 9.17) is 14.5 Å². The van der Waals surface area contributed by atoms with Crippen LogP contribution < -0.4 is 5.56 Å². The van der Waals surface area contributed by atoms with E-state index in [1.165, 1.54) is 6.08 Å². The van der Waals surface area contributed by atoms with Crippen LogP contribution in [-0.4, -0.2) is 21.5 Å². The predicted molar refractivity (Wildman–Crippen MR) is 134 cm³/mol. The Bertz CT molecular complexity index is 1640. The predicted octanol–water partition coefficient (Wildman–Crippen LogP) is 4.34. The zero-order valence-electron chi connectivity index (χ0n) is 19.6. The fourth-order valence-electron chi connectivity index (χ4n) is 5.02. The quantitative estimate of drug-likeness (QED) is 0.282. The third kappa shape index (κ3) is 3.35. The number of rotatable bonds is 4. The maximum absolute atomic E-state index is 13.6. The molecule has 7 nitrogen and oxygen atoms in total. The van der Waals surface area contributed by atoms with Gasteiger partial charge in [0.1, 0.15) is 6.61 Å². The third-order valence-corrected chi connectivity index (χ3v) is 6.87. The number of nitrogens with zero attached hydrogens (tertiary/aromatic N) is 2. The molecule has 0 spiro atoms. The highest BCUT2D eigenvalue weighted by molar-refractivity contribution is 5.92. The van der Waals surface area contributed by atoms with Crippen molar-refractivity contribution in [3.05, 3.63) is 105 Å². The maximum Gasteiger partial charge on any atom is 0.355 e. The number of hydrogen-bond donors (Lipinski definition) is 0. The molecule has 0 fully saturated rings. The molecule has 0 saturated carbocycles. The van der Waals surface area contributed by atoms with Crippen LogP contribution in [0.15, 0.2) is 77.6 Å². The SMILES string of the molecule is CC[C@@]1(OC(=O)/C=C/c2ccccc2)C(=O)OCc2c1cc1n(c2=O)Cc2cc3ccccc3nc2-1. The number of carbonyl (C=O) groups excluding carboxylic acids is 2.